The van der Waals surface area contributed by atoms with Crippen LogP contribution in [0, 0.1) is 0 Å². The molecule has 20 heavy (non-hydrogen) atoms. The van der Waals surface area contributed by atoms with Gasteiger partial charge in [-0.25, -0.2) is 0 Å². The molecule has 1 aliphatic rings. The molecule has 0 fully saturated rings. The van der Waals surface area contributed by atoms with Crippen LogP contribution in [-0.4, -0.2) is 17.8 Å². The van der Waals surface area contributed by atoms with E-state index >= 15 is 0 Å². The lowest BCUT2D eigenvalue weighted by atomic mass is 9.71. The standard InChI is InChI=1S/C15H20F3NS/c1-14(2)8-7-13(11-5-3-4-6-12(11)14)19-9-10-20-15(16,17)18/h3-6,13,19H,7-10H2,1-2H3. The number of nitrogens with one attached hydrogen (secondary N) is 1. The van der Waals surface area contributed by atoms with Gasteiger partial charge in [0.25, 0.3) is 0 Å². The van der Waals surface area contributed by atoms with Gasteiger partial charge in [0.1, 0.15) is 0 Å². The average Bonchev–Trinajstić information content (AvgIpc) is 2.36. The summed E-state index contributed by atoms with van der Waals surface area (Å²) in [5.74, 6) is 0.0611. The van der Waals surface area contributed by atoms with E-state index in [0.29, 0.717) is 6.54 Å². The van der Waals surface area contributed by atoms with Crippen molar-refractivity contribution in [2.45, 2.75) is 43.7 Å². The molecule has 0 radical (unpaired) electrons. The summed E-state index contributed by atoms with van der Waals surface area (Å²) in [6.07, 6.45) is 2.02. The summed E-state index contributed by atoms with van der Waals surface area (Å²) in [6.45, 7) is 4.83. The fourth-order valence-electron chi connectivity index (χ4n) is 2.82. The highest BCUT2D eigenvalue weighted by Crippen LogP contribution is 2.41. The summed E-state index contributed by atoms with van der Waals surface area (Å²) in [6, 6.07) is 8.42. The Kier molecular flexibility index (Phi) is 4.69. The van der Waals surface area contributed by atoms with Gasteiger partial charge in [0.15, 0.2) is 0 Å². The first-order chi connectivity index (χ1) is 9.30. The number of fused-ring (bicyclic) bond motifs is 1. The number of hydrogen-bond donors (Lipinski definition) is 1. The molecular weight excluding hydrogens is 283 g/mol. The first-order valence-electron chi connectivity index (χ1n) is 6.83. The van der Waals surface area contributed by atoms with Crippen molar-refractivity contribution in [2.75, 3.05) is 12.3 Å². The maximum atomic E-state index is 12.1. The quantitative estimate of drug-likeness (QED) is 0.813. The lowest BCUT2D eigenvalue weighted by Gasteiger charge is -2.37. The summed E-state index contributed by atoms with van der Waals surface area (Å²) < 4.78 is 36.3. The molecule has 0 heterocycles. The maximum absolute atomic E-state index is 12.1. The van der Waals surface area contributed by atoms with Crippen LogP contribution >= 0.6 is 11.8 Å². The van der Waals surface area contributed by atoms with E-state index in [4.69, 9.17) is 0 Å². The molecule has 1 aromatic rings. The van der Waals surface area contributed by atoms with Gasteiger partial charge in [0.2, 0.25) is 0 Å². The topological polar surface area (TPSA) is 12.0 Å². The molecule has 1 aliphatic carbocycles. The zero-order chi connectivity index (χ0) is 14.8. The first kappa shape index (κ1) is 15.7. The van der Waals surface area contributed by atoms with Gasteiger partial charge in [-0.15, -0.1) is 0 Å². The summed E-state index contributed by atoms with van der Waals surface area (Å²) >= 11 is 0.0407. The van der Waals surface area contributed by atoms with Crippen LogP contribution in [0.4, 0.5) is 13.2 Å². The zero-order valence-corrected chi connectivity index (χ0v) is 12.6. The highest BCUT2D eigenvalue weighted by Gasteiger charge is 2.32. The molecule has 1 atom stereocenters. The molecule has 0 bridgehead atoms. The highest BCUT2D eigenvalue weighted by atomic mass is 32.2. The second-order valence-electron chi connectivity index (χ2n) is 5.81. The number of benzene rings is 1. The summed E-state index contributed by atoms with van der Waals surface area (Å²) in [7, 11) is 0. The molecule has 0 saturated heterocycles. The highest BCUT2D eigenvalue weighted by molar-refractivity contribution is 8.00. The Morgan fingerprint density at radius 1 is 1.30 bits per heavy atom. The molecule has 0 saturated carbocycles. The molecule has 112 valence electrons. The fourth-order valence-corrected chi connectivity index (χ4v) is 3.28. The van der Waals surface area contributed by atoms with Gasteiger partial charge in [-0.05, 0) is 41.1 Å². The van der Waals surface area contributed by atoms with Crippen LogP contribution in [0.25, 0.3) is 0 Å². The number of hydrogen-bond acceptors (Lipinski definition) is 2. The van der Waals surface area contributed by atoms with E-state index in [1.165, 1.54) is 11.1 Å². The Morgan fingerprint density at radius 2 is 2.00 bits per heavy atom. The van der Waals surface area contributed by atoms with Gasteiger partial charge in [-0.3, -0.25) is 0 Å². The van der Waals surface area contributed by atoms with Crippen molar-refractivity contribution in [3.8, 4) is 0 Å². The van der Waals surface area contributed by atoms with Crippen LogP contribution in [0.2, 0.25) is 0 Å². The van der Waals surface area contributed by atoms with E-state index in [-0.39, 0.29) is 29.0 Å². The van der Waals surface area contributed by atoms with E-state index in [0.717, 1.165) is 12.8 Å². The van der Waals surface area contributed by atoms with E-state index in [2.05, 4.69) is 31.3 Å². The fraction of sp³-hybridized carbons (Fsp3) is 0.600. The lowest BCUT2D eigenvalue weighted by Crippen LogP contribution is -2.33. The number of thioether (sulfide) groups is 1. The Labute approximate surface area is 122 Å². The SMILES string of the molecule is CC1(C)CCC(NCCSC(F)(F)F)c2ccccc21. The first-order valence-corrected chi connectivity index (χ1v) is 7.82. The Balaban J connectivity index is 1.97. The van der Waals surface area contributed by atoms with Gasteiger partial charge in [0, 0.05) is 18.3 Å². The third-order valence-electron chi connectivity index (χ3n) is 3.88. The molecule has 0 spiro atoms. The minimum atomic E-state index is -4.13. The molecule has 5 heteroatoms. The molecular formula is C15H20F3NS. The van der Waals surface area contributed by atoms with Crippen LogP contribution < -0.4 is 5.32 Å². The minimum absolute atomic E-state index is 0.0407. The molecule has 0 amide bonds. The van der Waals surface area contributed by atoms with E-state index in [1.807, 2.05) is 12.1 Å². The Bertz CT molecular complexity index is 457. The van der Waals surface area contributed by atoms with Crippen LogP contribution in [0.5, 0.6) is 0 Å². The lowest BCUT2D eigenvalue weighted by molar-refractivity contribution is -0.0327. The van der Waals surface area contributed by atoms with Crippen LogP contribution in [0.15, 0.2) is 24.3 Å². The van der Waals surface area contributed by atoms with E-state index in [9.17, 15) is 13.2 Å². The molecule has 1 unspecified atom stereocenters. The third kappa shape index (κ3) is 3.92. The van der Waals surface area contributed by atoms with Gasteiger partial charge in [-0.1, -0.05) is 38.1 Å². The van der Waals surface area contributed by atoms with E-state index in [1.54, 1.807) is 0 Å². The average molecular weight is 303 g/mol. The van der Waals surface area contributed by atoms with Gasteiger partial charge >= 0.3 is 5.51 Å². The normalized spacial score (nSPS) is 21.6. The van der Waals surface area contributed by atoms with Crippen molar-refractivity contribution in [1.29, 1.82) is 0 Å². The molecule has 1 nitrogen and oxygen atoms in total. The second-order valence-corrected chi connectivity index (χ2v) is 6.97. The third-order valence-corrected chi connectivity index (χ3v) is 4.62. The van der Waals surface area contributed by atoms with Crippen LogP contribution in [0.3, 0.4) is 0 Å². The maximum Gasteiger partial charge on any atom is 0.441 e. The van der Waals surface area contributed by atoms with Crippen molar-refractivity contribution in [2.24, 2.45) is 0 Å². The Hall–Kier alpha value is -0.680. The predicted octanol–water partition coefficient (Wildman–Crippen LogP) is 4.64. The summed E-state index contributed by atoms with van der Waals surface area (Å²) in [5.41, 5.74) is -1.43. The largest absolute Gasteiger partial charge is 0.441 e. The molecule has 0 aliphatic heterocycles. The summed E-state index contributed by atoms with van der Waals surface area (Å²) in [5, 5.41) is 3.27. The van der Waals surface area contributed by atoms with Crippen molar-refractivity contribution < 1.29 is 13.2 Å². The molecule has 2 rings (SSSR count). The van der Waals surface area contributed by atoms with Crippen LogP contribution in [0.1, 0.15) is 43.9 Å². The minimum Gasteiger partial charge on any atom is -0.309 e. The monoisotopic (exact) mass is 303 g/mol. The van der Waals surface area contributed by atoms with Crippen molar-refractivity contribution >= 4 is 11.8 Å². The van der Waals surface area contributed by atoms with Gasteiger partial charge in [0.05, 0.1) is 0 Å². The van der Waals surface area contributed by atoms with Crippen molar-refractivity contribution in [1.82, 2.24) is 5.32 Å². The van der Waals surface area contributed by atoms with Crippen molar-refractivity contribution in [3.05, 3.63) is 35.4 Å². The second kappa shape index (κ2) is 5.98. The van der Waals surface area contributed by atoms with Crippen LogP contribution in [-0.2, 0) is 5.41 Å². The summed E-state index contributed by atoms with van der Waals surface area (Å²) in [4.78, 5) is 0. The number of alkyl halides is 3. The zero-order valence-electron chi connectivity index (χ0n) is 11.8. The predicted molar refractivity (Wildman–Crippen MR) is 78.0 cm³/mol. The number of halogens is 3. The van der Waals surface area contributed by atoms with E-state index < -0.39 is 5.51 Å². The molecule has 0 aromatic heterocycles. The molecule has 1 N–H and O–H groups in total. The molecule has 1 aromatic carbocycles. The smallest absolute Gasteiger partial charge is 0.309 e. The van der Waals surface area contributed by atoms with Crippen molar-refractivity contribution in [3.63, 3.8) is 0 Å². The number of rotatable bonds is 4. The Morgan fingerprint density at radius 3 is 2.70 bits per heavy atom. The van der Waals surface area contributed by atoms with Gasteiger partial charge in [-0.2, -0.15) is 13.2 Å². The van der Waals surface area contributed by atoms with Gasteiger partial charge < -0.3 is 5.32 Å².